The zero-order valence-electron chi connectivity index (χ0n) is 13.4. The molecule has 3 rings (SSSR count). The van der Waals surface area contributed by atoms with Crippen LogP contribution in [0.5, 0.6) is 0 Å². The second kappa shape index (κ2) is 7.13. The van der Waals surface area contributed by atoms with E-state index in [0.29, 0.717) is 11.4 Å². The molecule has 1 amide bonds. The molecular formula is C18H18F3N3O. The summed E-state index contributed by atoms with van der Waals surface area (Å²) in [5.41, 5.74) is 0.668. The first kappa shape index (κ1) is 17.3. The topological polar surface area (TPSA) is 54.0 Å². The van der Waals surface area contributed by atoms with Crippen molar-refractivity contribution >= 4 is 17.3 Å². The average Bonchev–Trinajstić information content (AvgIpc) is 3.08. The summed E-state index contributed by atoms with van der Waals surface area (Å²) < 4.78 is 37.7. The molecule has 7 heteroatoms. The summed E-state index contributed by atoms with van der Waals surface area (Å²) in [6.07, 6.45) is 1.34. The lowest BCUT2D eigenvalue weighted by Crippen LogP contribution is -2.33. The molecule has 1 saturated carbocycles. The SMILES string of the molecule is O=C(NC1CCCC1)c1cc(Nc2ccc(C(F)(F)F)cc2)ccn1. The lowest BCUT2D eigenvalue weighted by Gasteiger charge is -2.13. The molecule has 0 radical (unpaired) electrons. The van der Waals surface area contributed by atoms with Gasteiger partial charge in [-0.3, -0.25) is 9.78 Å². The number of benzene rings is 1. The standard InChI is InChI=1S/C18H18F3N3O/c19-18(20,21)12-5-7-14(8-6-12)23-15-9-10-22-16(11-15)17(25)24-13-3-1-2-4-13/h5-11,13H,1-4H2,(H,22,23)(H,24,25). The maximum absolute atomic E-state index is 12.6. The van der Waals surface area contributed by atoms with Crippen molar-refractivity contribution in [2.75, 3.05) is 5.32 Å². The van der Waals surface area contributed by atoms with Crippen LogP contribution >= 0.6 is 0 Å². The molecule has 0 atom stereocenters. The number of halogens is 3. The van der Waals surface area contributed by atoms with E-state index in [1.54, 1.807) is 12.1 Å². The number of anilines is 2. The van der Waals surface area contributed by atoms with Crippen LogP contribution in [0.25, 0.3) is 0 Å². The Hall–Kier alpha value is -2.57. The van der Waals surface area contributed by atoms with Gasteiger partial charge in [0.1, 0.15) is 5.69 Å². The first-order valence-electron chi connectivity index (χ1n) is 8.13. The number of rotatable bonds is 4. The van der Waals surface area contributed by atoms with Gasteiger partial charge in [-0.15, -0.1) is 0 Å². The van der Waals surface area contributed by atoms with Gasteiger partial charge in [0.25, 0.3) is 5.91 Å². The molecule has 1 heterocycles. The van der Waals surface area contributed by atoms with E-state index in [0.717, 1.165) is 37.8 Å². The number of nitrogens with zero attached hydrogens (tertiary/aromatic N) is 1. The molecule has 2 aromatic rings. The molecule has 1 aliphatic rings. The fraction of sp³-hybridized carbons (Fsp3) is 0.333. The summed E-state index contributed by atoms with van der Waals surface area (Å²) in [7, 11) is 0. The molecule has 25 heavy (non-hydrogen) atoms. The van der Waals surface area contributed by atoms with Crippen molar-refractivity contribution in [2.24, 2.45) is 0 Å². The highest BCUT2D eigenvalue weighted by Gasteiger charge is 2.29. The summed E-state index contributed by atoms with van der Waals surface area (Å²) in [6, 6.07) is 8.16. The van der Waals surface area contributed by atoms with Gasteiger partial charge in [-0.05, 0) is 49.2 Å². The van der Waals surface area contributed by atoms with Gasteiger partial charge in [0.2, 0.25) is 0 Å². The highest BCUT2D eigenvalue weighted by atomic mass is 19.4. The van der Waals surface area contributed by atoms with Crippen molar-refractivity contribution in [1.29, 1.82) is 0 Å². The molecule has 1 aromatic carbocycles. The lowest BCUT2D eigenvalue weighted by molar-refractivity contribution is -0.137. The highest BCUT2D eigenvalue weighted by molar-refractivity contribution is 5.93. The molecule has 0 bridgehead atoms. The van der Waals surface area contributed by atoms with Crippen LogP contribution in [0, 0.1) is 0 Å². The zero-order valence-corrected chi connectivity index (χ0v) is 13.4. The van der Waals surface area contributed by atoms with Gasteiger partial charge in [-0.25, -0.2) is 0 Å². The Morgan fingerprint density at radius 2 is 1.72 bits per heavy atom. The van der Waals surface area contributed by atoms with Crippen molar-refractivity contribution in [3.05, 3.63) is 53.9 Å². The molecule has 1 aliphatic carbocycles. The summed E-state index contributed by atoms with van der Waals surface area (Å²) in [6.45, 7) is 0. The second-order valence-electron chi connectivity index (χ2n) is 6.08. The van der Waals surface area contributed by atoms with Crippen LogP contribution in [-0.4, -0.2) is 16.9 Å². The molecule has 0 saturated heterocycles. The van der Waals surface area contributed by atoms with Gasteiger partial charge >= 0.3 is 6.18 Å². The van der Waals surface area contributed by atoms with E-state index < -0.39 is 11.7 Å². The minimum atomic E-state index is -4.36. The Morgan fingerprint density at radius 3 is 2.36 bits per heavy atom. The smallest absolute Gasteiger partial charge is 0.355 e. The minimum absolute atomic E-state index is 0.195. The first-order chi connectivity index (χ1) is 11.9. The van der Waals surface area contributed by atoms with E-state index >= 15 is 0 Å². The number of carbonyl (C=O) groups excluding carboxylic acids is 1. The Morgan fingerprint density at radius 1 is 1.04 bits per heavy atom. The quantitative estimate of drug-likeness (QED) is 0.853. The molecule has 1 aromatic heterocycles. The van der Waals surface area contributed by atoms with E-state index in [4.69, 9.17) is 0 Å². The number of hydrogen-bond acceptors (Lipinski definition) is 3. The van der Waals surface area contributed by atoms with E-state index in [1.807, 2.05) is 0 Å². The van der Waals surface area contributed by atoms with Gasteiger partial charge in [0, 0.05) is 23.6 Å². The predicted molar refractivity (Wildman–Crippen MR) is 88.7 cm³/mol. The third-order valence-corrected chi connectivity index (χ3v) is 4.18. The third kappa shape index (κ3) is 4.49. The van der Waals surface area contributed by atoms with Gasteiger partial charge < -0.3 is 10.6 Å². The molecule has 2 N–H and O–H groups in total. The number of pyridine rings is 1. The molecule has 4 nitrogen and oxygen atoms in total. The molecular weight excluding hydrogens is 331 g/mol. The van der Waals surface area contributed by atoms with Gasteiger partial charge in [0.05, 0.1) is 5.56 Å². The predicted octanol–water partition coefficient (Wildman–Crippen LogP) is 4.52. The van der Waals surface area contributed by atoms with E-state index in [1.165, 1.54) is 18.3 Å². The number of carbonyl (C=O) groups is 1. The Bertz CT molecular complexity index is 738. The number of hydrogen-bond donors (Lipinski definition) is 2. The number of amides is 1. The zero-order chi connectivity index (χ0) is 17.9. The second-order valence-corrected chi connectivity index (χ2v) is 6.08. The minimum Gasteiger partial charge on any atom is -0.355 e. The largest absolute Gasteiger partial charge is 0.416 e. The van der Waals surface area contributed by atoms with Crippen LogP contribution < -0.4 is 10.6 Å². The van der Waals surface area contributed by atoms with Crippen LogP contribution in [0.1, 0.15) is 41.7 Å². The summed E-state index contributed by atoms with van der Waals surface area (Å²) in [5, 5.41) is 5.94. The summed E-state index contributed by atoms with van der Waals surface area (Å²) >= 11 is 0. The maximum Gasteiger partial charge on any atom is 0.416 e. The van der Waals surface area contributed by atoms with E-state index in [9.17, 15) is 18.0 Å². The Balaban J connectivity index is 1.68. The van der Waals surface area contributed by atoms with Crippen LogP contribution in [0.4, 0.5) is 24.5 Å². The summed E-state index contributed by atoms with van der Waals surface area (Å²) in [5.74, 6) is -0.233. The molecule has 132 valence electrons. The van der Waals surface area contributed by atoms with Crippen molar-refractivity contribution in [3.63, 3.8) is 0 Å². The van der Waals surface area contributed by atoms with Crippen molar-refractivity contribution < 1.29 is 18.0 Å². The lowest BCUT2D eigenvalue weighted by atomic mass is 10.2. The van der Waals surface area contributed by atoms with Crippen LogP contribution in [0.15, 0.2) is 42.6 Å². The highest BCUT2D eigenvalue weighted by Crippen LogP contribution is 2.30. The van der Waals surface area contributed by atoms with Crippen LogP contribution in [-0.2, 0) is 6.18 Å². The molecule has 1 fully saturated rings. The van der Waals surface area contributed by atoms with E-state index in [2.05, 4.69) is 15.6 Å². The average molecular weight is 349 g/mol. The Labute approximate surface area is 143 Å². The fourth-order valence-electron chi connectivity index (χ4n) is 2.87. The Kier molecular flexibility index (Phi) is 4.92. The van der Waals surface area contributed by atoms with Crippen LogP contribution in [0.3, 0.4) is 0 Å². The van der Waals surface area contributed by atoms with E-state index in [-0.39, 0.29) is 17.6 Å². The fourth-order valence-corrected chi connectivity index (χ4v) is 2.87. The van der Waals surface area contributed by atoms with Crippen molar-refractivity contribution in [3.8, 4) is 0 Å². The molecule has 0 aliphatic heterocycles. The monoisotopic (exact) mass is 349 g/mol. The summed E-state index contributed by atoms with van der Waals surface area (Å²) in [4.78, 5) is 16.3. The maximum atomic E-state index is 12.6. The first-order valence-corrected chi connectivity index (χ1v) is 8.13. The van der Waals surface area contributed by atoms with Crippen LogP contribution in [0.2, 0.25) is 0 Å². The number of alkyl halides is 3. The van der Waals surface area contributed by atoms with Crippen molar-refractivity contribution in [1.82, 2.24) is 10.3 Å². The van der Waals surface area contributed by atoms with Crippen molar-refractivity contribution in [2.45, 2.75) is 37.9 Å². The molecule has 0 unspecified atom stereocenters. The van der Waals surface area contributed by atoms with Gasteiger partial charge in [-0.1, -0.05) is 12.8 Å². The number of aromatic nitrogens is 1. The molecule has 0 spiro atoms. The normalized spacial score (nSPS) is 15.2. The van der Waals surface area contributed by atoms with Gasteiger partial charge in [0.15, 0.2) is 0 Å². The van der Waals surface area contributed by atoms with Gasteiger partial charge in [-0.2, -0.15) is 13.2 Å². The third-order valence-electron chi connectivity index (χ3n) is 4.18. The number of nitrogens with one attached hydrogen (secondary N) is 2.